The van der Waals surface area contributed by atoms with Crippen molar-refractivity contribution in [1.82, 2.24) is 10.2 Å². The Balaban J connectivity index is 2.99. The van der Waals surface area contributed by atoms with Crippen LogP contribution in [0.4, 0.5) is 0 Å². The normalized spacial score (nSPS) is 27.7. The monoisotopic (exact) mass is 268 g/mol. The van der Waals surface area contributed by atoms with E-state index >= 15 is 0 Å². The smallest absolute Gasteiger partial charge is 0.245 e. The second-order valence-corrected chi connectivity index (χ2v) is 5.87. The molecule has 0 aliphatic carbocycles. The molecule has 0 saturated carbocycles. The maximum absolute atomic E-state index is 12.7. The first-order chi connectivity index (χ1) is 8.92. The average molecular weight is 268 g/mol. The number of nitrogens with zero attached hydrogens (tertiary/aromatic N) is 1. The minimum absolute atomic E-state index is 0.00246. The number of hydrogen-bond donors (Lipinski definition) is 1. The van der Waals surface area contributed by atoms with Crippen molar-refractivity contribution >= 4 is 11.8 Å². The molecule has 1 saturated heterocycles. The van der Waals surface area contributed by atoms with Crippen LogP contribution in [0.5, 0.6) is 0 Å². The molecule has 2 amide bonds. The number of carbonyl (C=O) groups is 2. The molecule has 0 aromatic rings. The topological polar surface area (TPSA) is 49.4 Å². The molecule has 4 atom stereocenters. The van der Waals surface area contributed by atoms with Gasteiger partial charge in [-0.3, -0.25) is 9.59 Å². The van der Waals surface area contributed by atoms with Gasteiger partial charge >= 0.3 is 0 Å². The van der Waals surface area contributed by atoms with Gasteiger partial charge in [0, 0.05) is 18.5 Å². The van der Waals surface area contributed by atoms with E-state index < -0.39 is 0 Å². The Morgan fingerprint density at radius 3 is 2.47 bits per heavy atom. The third kappa shape index (κ3) is 3.71. The first-order valence-corrected chi connectivity index (χ1v) is 7.53. The number of carbonyl (C=O) groups excluding carboxylic acids is 2. The zero-order valence-electron chi connectivity index (χ0n) is 12.9. The highest BCUT2D eigenvalue weighted by molar-refractivity contribution is 5.90. The predicted octanol–water partition coefficient (Wildman–Crippen LogP) is 2.33. The summed E-state index contributed by atoms with van der Waals surface area (Å²) in [5.74, 6) is 0.268. The van der Waals surface area contributed by atoms with Crippen molar-refractivity contribution in [2.45, 2.75) is 78.4 Å². The highest BCUT2D eigenvalue weighted by Gasteiger charge is 2.37. The van der Waals surface area contributed by atoms with Crippen LogP contribution in [0.1, 0.15) is 60.3 Å². The molecule has 1 fully saturated rings. The highest BCUT2D eigenvalue weighted by Crippen LogP contribution is 2.21. The molecule has 1 rings (SSSR count). The third-order valence-corrected chi connectivity index (χ3v) is 4.19. The summed E-state index contributed by atoms with van der Waals surface area (Å²) < 4.78 is 0. The Morgan fingerprint density at radius 1 is 1.32 bits per heavy atom. The summed E-state index contributed by atoms with van der Waals surface area (Å²) in [4.78, 5) is 26.6. The molecule has 0 bridgehead atoms. The second kappa shape index (κ2) is 6.92. The van der Waals surface area contributed by atoms with E-state index in [2.05, 4.69) is 26.1 Å². The van der Waals surface area contributed by atoms with Gasteiger partial charge in [0.15, 0.2) is 0 Å². The van der Waals surface area contributed by atoms with Crippen LogP contribution >= 0.6 is 0 Å². The molecular formula is C15H28N2O2. The molecule has 4 nitrogen and oxygen atoms in total. The Kier molecular flexibility index (Phi) is 5.83. The molecule has 0 aromatic heterocycles. The Morgan fingerprint density at radius 2 is 1.95 bits per heavy atom. The summed E-state index contributed by atoms with van der Waals surface area (Å²) in [6.45, 7) is 10.3. The Hall–Kier alpha value is -1.06. The molecule has 4 unspecified atom stereocenters. The lowest BCUT2D eigenvalue weighted by Crippen LogP contribution is -2.52. The Bertz CT molecular complexity index is 330. The molecular weight excluding hydrogens is 240 g/mol. The molecule has 0 radical (unpaired) electrons. The van der Waals surface area contributed by atoms with Crippen LogP contribution in [0.3, 0.4) is 0 Å². The van der Waals surface area contributed by atoms with Gasteiger partial charge < -0.3 is 10.2 Å². The van der Waals surface area contributed by atoms with E-state index in [1.807, 2.05) is 18.7 Å². The first kappa shape index (κ1) is 16.0. The van der Waals surface area contributed by atoms with Gasteiger partial charge in [-0.1, -0.05) is 33.6 Å². The van der Waals surface area contributed by atoms with E-state index in [4.69, 9.17) is 0 Å². The summed E-state index contributed by atoms with van der Waals surface area (Å²) in [7, 11) is 0. The van der Waals surface area contributed by atoms with E-state index in [1.165, 1.54) is 0 Å². The van der Waals surface area contributed by atoms with Crippen LogP contribution in [0.15, 0.2) is 0 Å². The fourth-order valence-corrected chi connectivity index (χ4v) is 2.87. The molecule has 1 aliphatic rings. The van der Waals surface area contributed by atoms with Gasteiger partial charge in [-0.25, -0.2) is 0 Å². The SMILES string of the molecule is CCCC(C)N1C(=O)C(C(C)CC)NC(=O)CC1C. The van der Waals surface area contributed by atoms with Crippen LogP contribution in [-0.4, -0.2) is 34.8 Å². The summed E-state index contributed by atoms with van der Waals surface area (Å²) in [6.07, 6.45) is 3.33. The van der Waals surface area contributed by atoms with E-state index in [9.17, 15) is 9.59 Å². The lowest BCUT2D eigenvalue weighted by atomic mass is 9.97. The Labute approximate surface area is 116 Å². The maximum atomic E-state index is 12.7. The minimum atomic E-state index is -0.359. The van der Waals surface area contributed by atoms with Crippen LogP contribution in [0.2, 0.25) is 0 Å². The molecule has 0 aromatic carbocycles. The summed E-state index contributed by atoms with van der Waals surface area (Å²) >= 11 is 0. The predicted molar refractivity (Wildman–Crippen MR) is 76.7 cm³/mol. The lowest BCUT2D eigenvalue weighted by Gasteiger charge is -2.35. The van der Waals surface area contributed by atoms with E-state index in [0.717, 1.165) is 19.3 Å². The van der Waals surface area contributed by atoms with Crippen LogP contribution < -0.4 is 5.32 Å². The molecule has 0 spiro atoms. The zero-order valence-corrected chi connectivity index (χ0v) is 12.9. The van der Waals surface area contributed by atoms with Crippen molar-refractivity contribution in [3.63, 3.8) is 0 Å². The summed E-state index contributed by atoms with van der Waals surface area (Å²) in [6, 6.07) is -0.170. The minimum Gasteiger partial charge on any atom is -0.344 e. The summed E-state index contributed by atoms with van der Waals surface area (Å²) in [5, 5.41) is 2.91. The van der Waals surface area contributed by atoms with Gasteiger partial charge in [0.1, 0.15) is 6.04 Å². The van der Waals surface area contributed by atoms with Crippen molar-refractivity contribution in [2.24, 2.45) is 5.92 Å². The zero-order chi connectivity index (χ0) is 14.6. The molecule has 4 heteroatoms. The van der Waals surface area contributed by atoms with Gasteiger partial charge in [-0.15, -0.1) is 0 Å². The average Bonchev–Trinajstić information content (AvgIpc) is 2.45. The number of rotatable bonds is 5. The van der Waals surface area contributed by atoms with Gasteiger partial charge in [0.05, 0.1) is 0 Å². The quantitative estimate of drug-likeness (QED) is 0.832. The van der Waals surface area contributed by atoms with E-state index in [-0.39, 0.29) is 35.9 Å². The second-order valence-electron chi connectivity index (χ2n) is 5.87. The molecule has 110 valence electrons. The molecule has 19 heavy (non-hydrogen) atoms. The molecule has 1 aliphatic heterocycles. The highest BCUT2D eigenvalue weighted by atomic mass is 16.2. The van der Waals surface area contributed by atoms with Crippen LogP contribution in [0.25, 0.3) is 0 Å². The molecule has 1 N–H and O–H groups in total. The van der Waals surface area contributed by atoms with Gasteiger partial charge in [-0.2, -0.15) is 0 Å². The standard InChI is InChI=1S/C15H28N2O2/c1-6-8-11(4)17-12(5)9-13(18)16-14(15(17)19)10(3)7-2/h10-12,14H,6-9H2,1-5H3,(H,16,18). The molecule has 1 heterocycles. The van der Waals surface area contributed by atoms with Gasteiger partial charge in [0.25, 0.3) is 0 Å². The number of nitrogens with one attached hydrogen (secondary N) is 1. The van der Waals surface area contributed by atoms with Crippen molar-refractivity contribution in [2.75, 3.05) is 0 Å². The lowest BCUT2D eigenvalue weighted by molar-refractivity contribution is -0.138. The van der Waals surface area contributed by atoms with E-state index in [1.54, 1.807) is 0 Å². The van der Waals surface area contributed by atoms with Crippen molar-refractivity contribution in [3.05, 3.63) is 0 Å². The summed E-state index contributed by atoms with van der Waals surface area (Å²) in [5.41, 5.74) is 0. The van der Waals surface area contributed by atoms with Crippen molar-refractivity contribution < 1.29 is 9.59 Å². The fraction of sp³-hybridized carbons (Fsp3) is 0.867. The first-order valence-electron chi connectivity index (χ1n) is 7.53. The van der Waals surface area contributed by atoms with Crippen LogP contribution in [-0.2, 0) is 9.59 Å². The number of hydrogen-bond acceptors (Lipinski definition) is 2. The number of amides is 2. The van der Waals surface area contributed by atoms with Crippen molar-refractivity contribution in [3.8, 4) is 0 Å². The van der Waals surface area contributed by atoms with Crippen LogP contribution in [0, 0.1) is 5.92 Å². The van der Waals surface area contributed by atoms with Gasteiger partial charge in [-0.05, 0) is 26.2 Å². The third-order valence-electron chi connectivity index (χ3n) is 4.19. The van der Waals surface area contributed by atoms with E-state index in [0.29, 0.717) is 6.42 Å². The largest absolute Gasteiger partial charge is 0.344 e. The van der Waals surface area contributed by atoms with Gasteiger partial charge in [0.2, 0.25) is 11.8 Å². The fourth-order valence-electron chi connectivity index (χ4n) is 2.87. The van der Waals surface area contributed by atoms with Crippen molar-refractivity contribution in [1.29, 1.82) is 0 Å². The maximum Gasteiger partial charge on any atom is 0.245 e.